The molecule has 0 radical (unpaired) electrons. The first kappa shape index (κ1) is 8.94. The van der Waals surface area contributed by atoms with Gasteiger partial charge >= 0.3 is 0 Å². The summed E-state index contributed by atoms with van der Waals surface area (Å²) in [5.41, 5.74) is 2.62. The summed E-state index contributed by atoms with van der Waals surface area (Å²) in [7, 11) is 0. The van der Waals surface area contributed by atoms with Gasteiger partial charge in [-0.15, -0.1) is 0 Å². The average molecular weight is 173 g/mol. The molecule has 1 rings (SSSR count). The van der Waals surface area contributed by atoms with Gasteiger partial charge in [-0.1, -0.05) is 22.2 Å². The molecule has 0 aromatic carbocycles. The third-order valence-corrected chi connectivity index (χ3v) is 3.32. The van der Waals surface area contributed by atoms with Gasteiger partial charge in [-0.3, -0.25) is 4.21 Å². The summed E-state index contributed by atoms with van der Waals surface area (Å²) in [5, 5.41) is -0.126. The molecule has 0 fully saturated rings. The van der Waals surface area contributed by atoms with Gasteiger partial charge in [0, 0.05) is 5.25 Å². The summed E-state index contributed by atoms with van der Waals surface area (Å²) in [6.45, 7) is 4.10. The fourth-order valence-electron chi connectivity index (χ4n) is 1.37. The van der Waals surface area contributed by atoms with Crippen LogP contribution in [-0.2, 0) is 11.1 Å². The fraction of sp³-hybridized carbons (Fsp3) is 0.750. The minimum atomic E-state index is -1.87. The van der Waals surface area contributed by atoms with Crippen molar-refractivity contribution in [2.75, 3.05) is 0 Å². The van der Waals surface area contributed by atoms with E-state index in [1.807, 2.05) is 6.92 Å². The van der Waals surface area contributed by atoms with Crippen molar-refractivity contribution in [3.05, 3.63) is 11.1 Å². The van der Waals surface area contributed by atoms with Crippen molar-refractivity contribution in [2.45, 2.75) is 38.4 Å². The third-order valence-electron chi connectivity index (χ3n) is 2.38. The number of rotatable bonds is 1. The zero-order chi connectivity index (χ0) is 8.43. The second kappa shape index (κ2) is 3.50. The SMILES string of the molecule is CC1=C(C)CC(S(=O)[O-])CC1. The Labute approximate surface area is 70.0 Å². The number of allylic oxidation sites excluding steroid dienone is 2. The van der Waals surface area contributed by atoms with Crippen LogP contribution in [0.15, 0.2) is 11.1 Å². The average Bonchev–Trinajstić information content (AvgIpc) is 1.94. The van der Waals surface area contributed by atoms with E-state index in [2.05, 4.69) is 6.92 Å². The van der Waals surface area contributed by atoms with E-state index in [0.29, 0.717) is 0 Å². The van der Waals surface area contributed by atoms with E-state index >= 15 is 0 Å². The molecule has 0 heterocycles. The van der Waals surface area contributed by atoms with Gasteiger partial charge in [-0.25, -0.2) is 0 Å². The zero-order valence-electron chi connectivity index (χ0n) is 6.92. The molecule has 0 aromatic rings. The monoisotopic (exact) mass is 173 g/mol. The molecule has 11 heavy (non-hydrogen) atoms. The molecule has 1 aliphatic rings. The van der Waals surface area contributed by atoms with E-state index in [0.717, 1.165) is 19.3 Å². The van der Waals surface area contributed by atoms with Crippen LogP contribution in [0.2, 0.25) is 0 Å². The summed E-state index contributed by atoms with van der Waals surface area (Å²) in [5.74, 6) is 0. The van der Waals surface area contributed by atoms with E-state index in [1.54, 1.807) is 0 Å². The normalized spacial score (nSPS) is 28.8. The van der Waals surface area contributed by atoms with Gasteiger partial charge in [-0.2, -0.15) is 0 Å². The molecule has 1 aliphatic carbocycles. The van der Waals surface area contributed by atoms with Gasteiger partial charge in [0.05, 0.1) is 0 Å². The molecule has 0 N–H and O–H groups in total. The van der Waals surface area contributed by atoms with Gasteiger partial charge < -0.3 is 4.55 Å². The maximum atomic E-state index is 10.6. The minimum absolute atomic E-state index is 0.126. The minimum Gasteiger partial charge on any atom is -0.772 e. The van der Waals surface area contributed by atoms with Gasteiger partial charge in [0.1, 0.15) is 0 Å². The molecule has 2 atom stereocenters. The predicted molar refractivity (Wildman–Crippen MR) is 44.9 cm³/mol. The Morgan fingerprint density at radius 1 is 1.45 bits per heavy atom. The van der Waals surface area contributed by atoms with E-state index in [-0.39, 0.29) is 5.25 Å². The van der Waals surface area contributed by atoms with Crippen molar-refractivity contribution in [1.29, 1.82) is 0 Å². The molecular weight excluding hydrogens is 160 g/mol. The zero-order valence-corrected chi connectivity index (χ0v) is 7.74. The van der Waals surface area contributed by atoms with Crippen LogP contribution >= 0.6 is 0 Å². The van der Waals surface area contributed by atoms with Gasteiger partial charge in [0.15, 0.2) is 0 Å². The van der Waals surface area contributed by atoms with Crippen molar-refractivity contribution in [3.63, 3.8) is 0 Å². The third kappa shape index (κ3) is 2.14. The van der Waals surface area contributed by atoms with Crippen molar-refractivity contribution in [2.24, 2.45) is 0 Å². The Morgan fingerprint density at radius 3 is 2.55 bits per heavy atom. The topological polar surface area (TPSA) is 40.1 Å². The molecule has 2 nitrogen and oxygen atoms in total. The van der Waals surface area contributed by atoms with Crippen LogP contribution < -0.4 is 0 Å². The molecule has 0 amide bonds. The first-order valence-corrected chi connectivity index (χ1v) is 4.98. The molecule has 0 saturated carbocycles. The Kier molecular flexibility index (Phi) is 2.84. The summed E-state index contributed by atoms with van der Waals surface area (Å²) >= 11 is -1.87. The predicted octanol–water partition coefficient (Wildman–Crippen LogP) is 1.75. The second-order valence-corrected chi connectivity index (χ2v) is 4.37. The highest BCUT2D eigenvalue weighted by atomic mass is 32.2. The van der Waals surface area contributed by atoms with E-state index < -0.39 is 11.1 Å². The fourth-order valence-corrected chi connectivity index (χ4v) is 2.07. The molecule has 3 heteroatoms. The Hall–Kier alpha value is -0.150. The summed E-state index contributed by atoms with van der Waals surface area (Å²) in [4.78, 5) is 0. The first-order valence-electron chi connectivity index (χ1n) is 3.84. The Morgan fingerprint density at radius 2 is 2.09 bits per heavy atom. The van der Waals surface area contributed by atoms with Crippen LogP contribution in [0, 0.1) is 0 Å². The quantitative estimate of drug-likeness (QED) is 0.447. The molecule has 2 unspecified atom stereocenters. The summed E-state index contributed by atoms with van der Waals surface area (Å²) < 4.78 is 21.2. The highest BCUT2D eigenvalue weighted by molar-refractivity contribution is 7.79. The summed E-state index contributed by atoms with van der Waals surface area (Å²) in [6.07, 6.45) is 2.49. The molecule has 64 valence electrons. The van der Waals surface area contributed by atoms with Crippen molar-refractivity contribution < 1.29 is 8.76 Å². The molecule has 0 aromatic heterocycles. The van der Waals surface area contributed by atoms with Crippen molar-refractivity contribution >= 4 is 11.1 Å². The van der Waals surface area contributed by atoms with E-state index in [4.69, 9.17) is 0 Å². The number of hydrogen-bond donors (Lipinski definition) is 0. The van der Waals surface area contributed by atoms with Crippen molar-refractivity contribution in [1.82, 2.24) is 0 Å². The van der Waals surface area contributed by atoms with Crippen molar-refractivity contribution in [3.8, 4) is 0 Å². The molecular formula is C8H13O2S-. The van der Waals surface area contributed by atoms with Crippen LogP contribution in [-0.4, -0.2) is 14.0 Å². The Bertz CT molecular complexity index is 208. The highest BCUT2D eigenvalue weighted by Crippen LogP contribution is 2.26. The lowest BCUT2D eigenvalue weighted by Crippen LogP contribution is -2.19. The maximum absolute atomic E-state index is 10.6. The lowest BCUT2D eigenvalue weighted by molar-refractivity contribution is 0.508. The van der Waals surface area contributed by atoms with Crippen LogP contribution in [0.4, 0.5) is 0 Å². The summed E-state index contributed by atoms with van der Waals surface area (Å²) in [6, 6.07) is 0. The molecule has 0 spiro atoms. The van der Waals surface area contributed by atoms with E-state index in [1.165, 1.54) is 11.1 Å². The van der Waals surface area contributed by atoms with Gasteiger partial charge in [-0.05, 0) is 33.1 Å². The van der Waals surface area contributed by atoms with E-state index in [9.17, 15) is 8.76 Å². The maximum Gasteiger partial charge on any atom is 0.0255 e. The molecule has 0 bridgehead atoms. The van der Waals surface area contributed by atoms with Gasteiger partial charge in [0.2, 0.25) is 0 Å². The second-order valence-electron chi connectivity index (χ2n) is 3.19. The van der Waals surface area contributed by atoms with Crippen LogP contribution in [0.5, 0.6) is 0 Å². The lowest BCUT2D eigenvalue weighted by atomic mass is 9.94. The smallest absolute Gasteiger partial charge is 0.0255 e. The number of hydrogen-bond acceptors (Lipinski definition) is 2. The van der Waals surface area contributed by atoms with Gasteiger partial charge in [0.25, 0.3) is 0 Å². The molecule has 0 saturated heterocycles. The van der Waals surface area contributed by atoms with Crippen LogP contribution in [0.1, 0.15) is 33.1 Å². The van der Waals surface area contributed by atoms with Crippen LogP contribution in [0.3, 0.4) is 0 Å². The lowest BCUT2D eigenvalue weighted by Gasteiger charge is -2.25. The van der Waals surface area contributed by atoms with Crippen LogP contribution in [0.25, 0.3) is 0 Å². The molecule has 0 aliphatic heterocycles. The standard InChI is InChI=1S/C8H14O2S/c1-6-3-4-8(11(9)10)5-7(6)2/h8H,3-5H2,1-2H3,(H,9,10)/p-1. The largest absolute Gasteiger partial charge is 0.772 e. The Balaban J connectivity index is 2.64. The first-order chi connectivity index (χ1) is 5.11. The highest BCUT2D eigenvalue weighted by Gasteiger charge is 2.16.